The third-order valence-electron chi connectivity index (χ3n) is 6.95. The SMILES string of the molecule is COC1=C2C[C@@H](C)C[C@H](OC)[C@H](O)[C@@H](C)/C=C(\C)[C@H](OC(N)=O)[C@@H](OC)/C=C\C=C(/C)C(=O)NC1=CC(=O)C2=O. The molecule has 220 valence electrons. The molecule has 6 atom stereocenters. The Morgan fingerprint density at radius 1 is 1.10 bits per heavy atom. The number of ketones is 2. The maximum Gasteiger partial charge on any atom is 0.405 e. The van der Waals surface area contributed by atoms with Crippen molar-refractivity contribution in [1.29, 1.82) is 0 Å². The number of ether oxygens (including phenoxy) is 4. The Morgan fingerprint density at radius 3 is 2.35 bits per heavy atom. The van der Waals surface area contributed by atoms with Crippen LogP contribution in [-0.4, -0.2) is 74.4 Å². The lowest BCUT2D eigenvalue weighted by Crippen LogP contribution is -2.37. The van der Waals surface area contributed by atoms with E-state index < -0.39 is 53.9 Å². The summed E-state index contributed by atoms with van der Waals surface area (Å²) >= 11 is 0. The van der Waals surface area contributed by atoms with E-state index in [0.29, 0.717) is 12.0 Å². The Labute approximate surface area is 234 Å². The number of hydrogen-bond donors (Lipinski definition) is 3. The fraction of sp³-hybridized carbons (Fsp3) is 0.517. The number of methoxy groups -OCH3 is 3. The maximum atomic E-state index is 12.9. The van der Waals surface area contributed by atoms with Crippen molar-refractivity contribution in [3.63, 3.8) is 0 Å². The van der Waals surface area contributed by atoms with Crippen LogP contribution in [0.4, 0.5) is 4.79 Å². The van der Waals surface area contributed by atoms with Gasteiger partial charge in [-0.1, -0.05) is 38.2 Å². The third kappa shape index (κ3) is 8.23. The molecule has 11 nitrogen and oxygen atoms in total. The molecule has 1 aliphatic carbocycles. The molecule has 2 aliphatic rings. The molecule has 0 aromatic rings. The first-order valence-electron chi connectivity index (χ1n) is 13.0. The van der Waals surface area contributed by atoms with Crippen LogP contribution in [0.1, 0.15) is 40.5 Å². The van der Waals surface area contributed by atoms with Crippen molar-refractivity contribution in [2.24, 2.45) is 17.6 Å². The molecule has 0 saturated heterocycles. The van der Waals surface area contributed by atoms with Gasteiger partial charge in [-0.2, -0.15) is 0 Å². The average Bonchev–Trinajstić information content (AvgIpc) is 2.90. The number of hydrogen-bond acceptors (Lipinski definition) is 9. The van der Waals surface area contributed by atoms with Crippen LogP contribution in [0.3, 0.4) is 0 Å². The van der Waals surface area contributed by atoms with Gasteiger partial charge in [0.25, 0.3) is 5.91 Å². The number of allylic oxidation sites excluding steroid dienone is 4. The van der Waals surface area contributed by atoms with Gasteiger partial charge in [0, 0.05) is 37.4 Å². The molecule has 2 amide bonds. The lowest BCUT2D eigenvalue weighted by molar-refractivity contribution is -0.132. The van der Waals surface area contributed by atoms with Crippen LogP contribution in [0, 0.1) is 11.8 Å². The minimum Gasteiger partial charge on any atom is -0.494 e. The number of carbonyl (C=O) groups is 4. The molecule has 0 fully saturated rings. The summed E-state index contributed by atoms with van der Waals surface area (Å²) in [6, 6.07) is 0. The molecule has 4 N–H and O–H groups in total. The van der Waals surface area contributed by atoms with E-state index in [2.05, 4.69) is 5.32 Å². The van der Waals surface area contributed by atoms with Crippen molar-refractivity contribution in [1.82, 2.24) is 5.32 Å². The minimum absolute atomic E-state index is 0.0791. The van der Waals surface area contributed by atoms with E-state index in [1.54, 1.807) is 39.0 Å². The average molecular weight is 561 g/mol. The normalized spacial score (nSPS) is 32.7. The van der Waals surface area contributed by atoms with Gasteiger partial charge >= 0.3 is 6.09 Å². The zero-order valence-electron chi connectivity index (χ0n) is 24.1. The lowest BCUT2D eigenvalue weighted by atomic mass is 9.85. The van der Waals surface area contributed by atoms with E-state index in [0.717, 1.165) is 6.08 Å². The van der Waals surface area contributed by atoms with E-state index in [1.165, 1.54) is 27.4 Å². The first-order valence-corrected chi connectivity index (χ1v) is 13.0. The van der Waals surface area contributed by atoms with E-state index in [9.17, 15) is 24.3 Å². The fourth-order valence-corrected chi connectivity index (χ4v) is 4.79. The summed E-state index contributed by atoms with van der Waals surface area (Å²) < 4.78 is 22.0. The summed E-state index contributed by atoms with van der Waals surface area (Å²) in [6.45, 7) is 6.95. The van der Waals surface area contributed by atoms with Gasteiger partial charge in [0.15, 0.2) is 6.10 Å². The van der Waals surface area contributed by atoms with Crippen molar-refractivity contribution in [3.05, 3.63) is 58.6 Å². The molecule has 11 heteroatoms. The summed E-state index contributed by atoms with van der Waals surface area (Å²) in [5.74, 6) is -2.56. The zero-order chi connectivity index (χ0) is 30.1. The molecule has 0 radical (unpaired) electrons. The number of nitrogens with one attached hydrogen (secondary N) is 1. The van der Waals surface area contributed by atoms with E-state index in [1.807, 2.05) is 6.92 Å². The summed E-state index contributed by atoms with van der Waals surface area (Å²) in [4.78, 5) is 50.0. The second-order valence-electron chi connectivity index (χ2n) is 10.1. The van der Waals surface area contributed by atoms with Gasteiger partial charge in [-0.15, -0.1) is 0 Å². The van der Waals surface area contributed by atoms with E-state index in [4.69, 9.17) is 24.7 Å². The van der Waals surface area contributed by atoms with Crippen molar-refractivity contribution in [2.75, 3.05) is 21.3 Å². The van der Waals surface area contributed by atoms with Gasteiger partial charge in [0.05, 0.1) is 25.0 Å². The van der Waals surface area contributed by atoms with Crippen molar-refractivity contribution in [3.8, 4) is 0 Å². The van der Waals surface area contributed by atoms with Crippen molar-refractivity contribution in [2.45, 2.75) is 65.0 Å². The van der Waals surface area contributed by atoms with Crippen LogP contribution in [0.5, 0.6) is 0 Å². The predicted molar refractivity (Wildman–Crippen MR) is 147 cm³/mol. The summed E-state index contributed by atoms with van der Waals surface area (Å²) in [7, 11) is 4.27. The Balaban J connectivity index is 2.63. The Kier molecular flexibility index (Phi) is 12.0. The fourth-order valence-electron chi connectivity index (χ4n) is 4.79. The molecule has 0 aromatic heterocycles. The van der Waals surface area contributed by atoms with Crippen LogP contribution in [0.15, 0.2) is 58.6 Å². The number of carbonyl (C=O) groups excluding carboxylic acids is 4. The van der Waals surface area contributed by atoms with Gasteiger partial charge < -0.3 is 35.1 Å². The number of aliphatic hydroxyl groups excluding tert-OH is 1. The van der Waals surface area contributed by atoms with Gasteiger partial charge in [-0.25, -0.2) is 4.79 Å². The second kappa shape index (κ2) is 14.7. The van der Waals surface area contributed by atoms with Crippen LogP contribution in [-0.2, 0) is 33.3 Å². The van der Waals surface area contributed by atoms with Crippen LogP contribution in [0.25, 0.3) is 0 Å². The summed E-state index contributed by atoms with van der Waals surface area (Å²) in [5.41, 5.74) is 6.40. The minimum atomic E-state index is -0.999. The number of primary amides is 1. The predicted octanol–water partition coefficient (Wildman–Crippen LogP) is 2.41. The highest BCUT2D eigenvalue weighted by atomic mass is 16.6. The third-order valence-corrected chi connectivity index (χ3v) is 6.95. The standard InChI is InChI=1S/C29H40N2O9/c1-15-11-19-25(34)21(32)14-20(27(19)39-7)31-28(35)16(2)9-8-10-22(37-5)26(40-29(30)36)18(4)13-17(3)24(33)23(12-15)38-6/h8-10,13-15,17,22-24,26,33H,11-12H2,1-7H3,(H2,30,36)(H,31,35)/b10-8-,16-9+,18-13+/t15-,17+,22+,23+,24-,26+/m1/s1. The van der Waals surface area contributed by atoms with Crippen LogP contribution in [0.2, 0.25) is 0 Å². The van der Waals surface area contributed by atoms with Gasteiger partial charge in [0.1, 0.15) is 11.9 Å². The highest BCUT2D eigenvalue weighted by Crippen LogP contribution is 2.30. The number of nitrogens with two attached hydrogens (primary N) is 1. The second-order valence-corrected chi connectivity index (χ2v) is 10.1. The lowest BCUT2D eigenvalue weighted by Gasteiger charge is -2.30. The highest BCUT2D eigenvalue weighted by Gasteiger charge is 2.34. The number of aliphatic hydroxyl groups is 1. The first kappa shape index (κ1) is 32.7. The van der Waals surface area contributed by atoms with E-state index >= 15 is 0 Å². The van der Waals surface area contributed by atoms with Gasteiger partial charge in [-0.05, 0) is 38.2 Å². The largest absolute Gasteiger partial charge is 0.494 e. The Bertz CT molecular complexity index is 1150. The molecule has 0 saturated carbocycles. The van der Waals surface area contributed by atoms with Crippen molar-refractivity contribution < 1.29 is 43.2 Å². The molecule has 1 heterocycles. The number of rotatable bonds is 4. The van der Waals surface area contributed by atoms with Crippen LogP contribution >= 0.6 is 0 Å². The first-order chi connectivity index (χ1) is 18.8. The molecular formula is C29H40N2O9. The number of fused-ring (bicyclic) bond motifs is 1. The quantitative estimate of drug-likeness (QED) is 0.266. The Morgan fingerprint density at radius 2 is 1.77 bits per heavy atom. The molecule has 40 heavy (non-hydrogen) atoms. The summed E-state index contributed by atoms with van der Waals surface area (Å²) in [6.07, 6.45) is 3.69. The molecule has 2 rings (SSSR count). The van der Waals surface area contributed by atoms with Gasteiger partial charge in [-0.3, -0.25) is 14.4 Å². The maximum absolute atomic E-state index is 12.9. The number of Topliss-reactive ketones (excluding diaryl/α,β-unsaturated/α-hetero) is 1. The van der Waals surface area contributed by atoms with Crippen molar-refractivity contribution >= 4 is 23.6 Å². The summed E-state index contributed by atoms with van der Waals surface area (Å²) in [5, 5.41) is 13.8. The molecule has 0 unspecified atom stereocenters. The molecule has 0 spiro atoms. The Hall–Kier alpha value is -3.54. The molecule has 0 aromatic carbocycles. The molecule has 2 bridgehead atoms. The van der Waals surface area contributed by atoms with Crippen LogP contribution < -0.4 is 11.1 Å². The number of amides is 2. The van der Waals surface area contributed by atoms with Gasteiger partial charge in [0.2, 0.25) is 11.6 Å². The molecular weight excluding hydrogens is 520 g/mol. The monoisotopic (exact) mass is 560 g/mol. The smallest absolute Gasteiger partial charge is 0.405 e. The molecule has 1 aliphatic heterocycles. The highest BCUT2D eigenvalue weighted by molar-refractivity contribution is 6.48. The zero-order valence-corrected chi connectivity index (χ0v) is 24.1. The topological polar surface area (TPSA) is 163 Å². The van der Waals surface area contributed by atoms with E-state index in [-0.39, 0.29) is 34.9 Å².